The second-order valence-corrected chi connectivity index (χ2v) is 9.21. The molecule has 1 aromatic rings. The van der Waals surface area contributed by atoms with Crippen molar-refractivity contribution in [2.45, 2.75) is 75.8 Å². The minimum atomic E-state index is -3.83. The van der Waals surface area contributed by atoms with Gasteiger partial charge in [0, 0.05) is 19.2 Å². The minimum absolute atomic E-state index is 0.0126. The van der Waals surface area contributed by atoms with Gasteiger partial charge in [-0.05, 0) is 51.3 Å². The Labute approximate surface area is 167 Å². The Morgan fingerprint density at radius 3 is 2.50 bits per heavy atom. The topological polar surface area (TPSA) is 105 Å². The second-order valence-electron chi connectivity index (χ2n) is 7.53. The summed E-state index contributed by atoms with van der Waals surface area (Å²) in [6, 6.07) is 4.07. The summed E-state index contributed by atoms with van der Waals surface area (Å²) in [5, 5.41) is 12.4. The summed E-state index contributed by atoms with van der Waals surface area (Å²) >= 11 is 0. The molecule has 7 nitrogen and oxygen atoms in total. The van der Waals surface area contributed by atoms with Gasteiger partial charge in [0.2, 0.25) is 10.0 Å². The molecule has 1 fully saturated rings. The van der Waals surface area contributed by atoms with Gasteiger partial charge in [-0.15, -0.1) is 0 Å². The van der Waals surface area contributed by atoms with Crippen LogP contribution >= 0.6 is 0 Å². The Balaban J connectivity index is 2.15. The molecule has 1 aromatic carbocycles. The monoisotopic (exact) mass is 412 g/mol. The van der Waals surface area contributed by atoms with Gasteiger partial charge in [0.05, 0.1) is 17.4 Å². The molecule has 158 valence electrons. The lowest BCUT2D eigenvalue weighted by Gasteiger charge is -2.19. The van der Waals surface area contributed by atoms with E-state index in [1.54, 1.807) is 0 Å². The molecule has 1 aliphatic rings. The molecule has 0 amide bonds. The zero-order chi connectivity index (χ0) is 20.6. The van der Waals surface area contributed by atoms with E-state index < -0.39 is 16.0 Å². The number of carboxylic acids is 1. The Kier molecular flexibility index (Phi) is 8.72. The first-order valence-corrected chi connectivity index (χ1v) is 11.5. The van der Waals surface area contributed by atoms with E-state index in [9.17, 15) is 18.3 Å². The van der Waals surface area contributed by atoms with Crippen LogP contribution in [0.3, 0.4) is 0 Å². The number of aromatic carboxylic acids is 1. The van der Waals surface area contributed by atoms with Gasteiger partial charge in [0.1, 0.15) is 4.90 Å². The number of carbonyl (C=O) groups is 1. The first-order chi connectivity index (χ1) is 13.3. The van der Waals surface area contributed by atoms with Crippen LogP contribution in [0.5, 0.6) is 0 Å². The SMILES string of the molecule is CC(C)OCCCNc1ccc(C(=O)O)cc1S(=O)(=O)NC1CCCCCC1. The molecule has 0 heterocycles. The molecule has 0 atom stereocenters. The van der Waals surface area contributed by atoms with Crippen molar-refractivity contribution < 1.29 is 23.1 Å². The highest BCUT2D eigenvalue weighted by Gasteiger charge is 2.25. The Morgan fingerprint density at radius 1 is 1.21 bits per heavy atom. The van der Waals surface area contributed by atoms with Crippen LogP contribution in [-0.2, 0) is 14.8 Å². The van der Waals surface area contributed by atoms with Crippen molar-refractivity contribution in [1.29, 1.82) is 0 Å². The minimum Gasteiger partial charge on any atom is -0.478 e. The van der Waals surface area contributed by atoms with Crippen molar-refractivity contribution in [3.8, 4) is 0 Å². The maximum atomic E-state index is 13.0. The number of benzene rings is 1. The van der Waals surface area contributed by atoms with Crippen molar-refractivity contribution in [3.63, 3.8) is 0 Å². The van der Waals surface area contributed by atoms with Gasteiger partial charge in [0.25, 0.3) is 0 Å². The molecular weight excluding hydrogens is 380 g/mol. The van der Waals surface area contributed by atoms with Crippen LogP contribution in [0, 0.1) is 0 Å². The Hall–Kier alpha value is -1.64. The van der Waals surface area contributed by atoms with E-state index in [2.05, 4.69) is 10.0 Å². The smallest absolute Gasteiger partial charge is 0.335 e. The van der Waals surface area contributed by atoms with Crippen molar-refractivity contribution in [1.82, 2.24) is 4.72 Å². The van der Waals surface area contributed by atoms with Gasteiger partial charge in [-0.3, -0.25) is 0 Å². The molecule has 8 heteroatoms. The quantitative estimate of drug-likeness (QED) is 0.400. The Morgan fingerprint density at radius 2 is 1.89 bits per heavy atom. The standard InChI is InChI=1S/C20H32N2O5S/c1-15(2)27-13-7-12-21-18-11-10-16(20(23)24)14-19(18)28(25,26)22-17-8-5-3-4-6-9-17/h10-11,14-15,17,21-22H,3-9,12-13H2,1-2H3,(H,23,24). The van der Waals surface area contributed by atoms with Crippen LogP contribution < -0.4 is 10.0 Å². The summed E-state index contributed by atoms with van der Waals surface area (Å²) in [4.78, 5) is 11.3. The van der Waals surface area contributed by atoms with Crippen LogP contribution in [0.1, 0.15) is 69.2 Å². The van der Waals surface area contributed by atoms with Gasteiger partial charge in [0.15, 0.2) is 0 Å². The van der Waals surface area contributed by atoms with Gasteiger partial charge >= 0.3 is 5.97 Å². The maximum absolute atomic E-state index is 13.0. The van der Waals surface area contributed by atoms with E-state index in [4.69, 9.17) is 4.74 Å². The first kappa shape index (κ1) is 22.6. The third-order valence-electron chi connectivity index (χ3n) is 4.78. The lowest BCUT2D eigenvalue weighted by Crippen LogP contribution is -2.35. The maximum Gasteiger partial charge on any atom is 0.335 e. The molecule has 28 heavy (non-hydrogen) atoms. The molecule has 0 aromatic heterocycles. The fourth-order valence-electron chi connectivity index (χ4n) is 3.32. The lowest BCUT2D eigenvalue weighted by atomic mass is 10.1. The zero-order valence-corrected chi connectivity index (χ0v) is 17.6. The molecule has 0 saturated heterocycles. The van der Waals surface area contributed by atoms with E-state index in [0.29, 0.717) is 25.3 Å². The fourth-order valence-corrected chi connectivity index (χ4v) is 4.83. The number of hydrogen-bond acceptors (Lipinski definition) is 5. The first-order valence-electron chi connectivity index (χ1n) is 10.0. The van der Waals surface area contributed by atoms with Crippen LogP contribution in [0.15, 0.2) is 23.1 Å². The number of ether oxygens (including phenoxy) is 1. The highest BCUT2D eigenvalue weighted by atomic mass is 32.2. The largest absolute Gasteiger partial charge is 0.478 e. The Bertz CT molecular complexity index is 741. The molecule has 2 rings (SSSR count). The predicted molar refractivity (Wildman–Crippen MR) is 109 cm³/mol. The van der Waals surface area contributed by atoms with E-state index in [0.717, 1.165) is 38.5 Å². The third kappa shape index (κ3) is 7.07. The fraction of sp³-hybridized carbons (Fsp3) is 0.650. The highest BCUT2D eigenvalue weighted by Crippen LogP contribution is 2.25. The summed E-state index contributed by atoms with van der Waals surface area (Å²) in [5.74, 6) is -1.15. The molecule has 1 saturated carbocycles. The summed E-state index contributed by atoms with van der Waals surface area (Å²) < 4.78 is 34.3. The van der Waals surface area contributed by atoms with E-state index in [1.165, 1.54) is 18.2 Å². The van der Waals surface area contributed by atoms with E-state index in [1.807, 2.05) is 13.8 Å². The lowest BCUT2D eigenvalue weighted by molar-refractivity contribution is 0.0696. The molecule has 0 bridgehead atoms. The number of sulfonamides is 1. The molecule has 3 N–H and O–H groups in total. The van der Waals surface area contributed by atoms with Crippen LogP contribution in [0.2, 0.25) is 0 Å². The van der Waals surface area contributed by atoms with Gasteiger partial charge < -0.3 is 15.2 Å². The van der Waals surface area contributed by atoms with Crippen molar-refractivity contribution in [3.05, 3.63) is 23.8 Å². The highest BCUT2D eigenvalue weighted by molar-refractivity contribution is 7.89. The van der Waals surface area contributed by atoms with E-state index >= 15 is 0 Å². The molecule has 0 radical (unpaired) electrons. The summed E-state index contributed by atoms with van der Waals surface area (Å²) in [6.45, 7) is 5.02. The van der Waals surface area contributed by atoms with Crippen LogP contribution in [-0.4, -0.2) is 44.8 Å². The molecule has 0 spiro atoms. The number of hydrogen-bond donors (Lipinski definition) is 3. The van der Waals surface area contributed by atoms with Crippen LogP contribution in [0.4, 0.5) is 5.69 Å². The average Bonchev–Trinajstić information content (AvgIpc) is 2.89. The van der Waals surface area contributed by atoms with Crippen molar-refractivity contribution in [2.24, 2.45) is 0 Å². The second kappa shape index (κ2) is 10.8. The summed E-state index contributed by atoms with van der Waals surface area (Å²) in [7, 11) is -3.83. The summed E-state index contributed by atoms with van der Waals surface area (Å²) in [6.07, 6.45) is 6.74. The predicted octanol–water partition coefficient (Wildman–Crippen LogP) is 3.61. The number of anilines is 1. The number of rotatable bonds is 10. The van der Waals surface area contributed by atoms with Crippen molar-refractivity contribution in [2.75, 3.05) is 18.5 Å². The third-order valence-corrected chi connectivity index (χ3v) is 6.34. The molecule has 0 aliphatic heterocycles. The zero-order valence-electron chi connectivity index (χ0n) is 16.7. The van der Waals surface area contributed by atoms with E-state index in [-0.39, 0.29) is 22.6 Å². The van der Waals surface area contributed by atoms with Gasteiger partial charge in [-0.1, -0.05) is 25.7 Å². The van der Waals surface area contributed by atoms with Gasteiger partial charge in [-0.2, -0.15) is 0 Å². The molecule has 0 unspecified atom stereocenters. The normalized spacial score (nSPS) is 16.1. The molecular formula is C20H32N2O5S. The van der Waals surface area contributed by atoms with Gasteiger partial charge in [-0.25, -0.2) is 17.9 Å². The summed E-state index contributed by atoms with van der Waals surface area (Å²) in [5.41, 5.74) is 0.366. The van der Waals surface area contributed by atoms with Crippen LogP contribution in [0.25, 0.3) is 0 Å². The number of nitrogens with one attached hydrogen (secondary N) is 2. The van der Waals surface area contributed by atoms with Crippen molar-refractivity contribution >= 4 is 21.7 Å². The molecule has 1 aliphatic carbocycles. The number of carboxylic acid groups (broad SMARTS) is 1. The average molecular weight is 413 g/mol.